The van der Waals surface area contributed by atoms with Crippen molar-refractivity contribution < 1.29 is 46.9 Å². The first-order chi connectivity index (χ1) is 0. The first kappa shape index (κ1) is 48.9. The Morgan fingerprint density at radius 2 is 1.00 bits per heavy atom. The van der Waals surface area contributed by atoms with Gasteiger partial charge in [-0.05, 0) is 0 Å². The summed E-state index contributed by atoms with van der Waals surface area (Å²) in [5.74, 6) is 0. The maximum absolute atomic E-state index is 0. The van der Waals surface area contributed by atoms with Crippen molar-refractivity contribution in [2.45, 2.75) is 7.43 Å². The quantitative estimate of drug-likeness (QED) is 0.605. The maximum Gasteiger partial charge on any atom is 0 e. The van der Waals surface area contributed by atoms with E-state index in [0.717, 1.165) is 0 Å². The Bertz CT molecular complexity index is 8.00. The molecule has 0 saturated carbocycles. The molecule has 0 atom stereocenters. The van der Waals surface area contributed by atoms with Gasteiger partial charge < -0.3 is 6.15 Å². The van der Waals surface area contributed by atoms with E-state index in [1.165, 1.54) is 0 Å². The van der Waals surface area contributed by atoms with Gasteiger partial charge in [-0.3, -0.25) is 0 Å². The van der Waals surface area contributed by atoms with E-state index in [4.69, 9.17) is 0 Å². The molecule has 0 bridgehead atoms. The molecule has 0 radical (unpaired) electrons. The minimum atomic E-state index is 0. The molecule has 0 aromatic rings. The van der Waals surface area contributed by atoms with Crippen molar-refractivity contribution >= 4 is 0 Å². The predicted molar refractivity (Wildman–Crippen MR) is 11.8 cm³/mol. The first-order valence-corrected chi connectivity index (χ1v) is 0. The molecule has 0 unspecified atom stereocenters. The maximum atomic E-state index is 0. The van der Waals surface area contributed by atoms with E-state index in [2.05, 4.69) is 0 Å². The standard InChI is InChI=1S/CH4.Hf.H3N.W/h1H4;;1H3;. The molecule has 1 nitrogen and oxygen atoms in total. The molecule has 0 aromatic carbocycles. The summed E-state index contributed by atoms with van der Waals surface area (Å²) in [7, 11) is 0. The van der Waals surface area contributed by atoms with E-state index in [9.17, 15) is 0 Å². The first-order valence-electron chi connectivity index (χ1n) is 0. The summed E-state index contributed by atoms with van der Waals surface area (Å²) >= 11 is 0. The van der Waals surface area contributed by atoms with Crippen molar-refractivity contribution in [3.63, 3.8) is 0 Å². The van der Waals surface area contributed by atoms with Crippen LogP contribution in [0.3, 0.4) is 0 Å². The number of rotatable bonds is 0. The van der Waals surface area contributed by atoms with E-state index in [-0.39, 0.29) is 60.5 Å². The third-order valence-electron chi connectivity index (χ3n) is 0. The van der Waals surface area contributed by atoms with Crippen LogP contribution in [0.5, 0.6) is 0 Å². The Morgan fingerprint density at radius 3 is 1.00 bits per heavy atom. The van der Waals surface area contributed by atoms with Crippen LogP contribution in [0.1, 0.15) is 7.43 Å². The fourth-order valence-electron chi connectivity index (χ4n) is 0. The minimum absolute atomic E-state index is 0. The van der Waals surface area contributed by atoms with Gasteiger partial charge in [0.15, 0.2) is 0 Å². The zero-order valence-corrected chi connectivity index (χ0v) is 8.14. The molecule has 0 spiro atoms. The van der Waals surface area contributed by atoms with Crippen LogP contribution >= 0.6 is 0 Å². The molecule has 0 aliphatic heterocycles. The summed E-state index contributed by atoms with van der Waals surface area (Å²) in [5.41, 5.74) is 0. The van der Waals surface area contributed by atoms with E-state index < -0.39 is 0 Å². The van der Waals surface area contributed by atoms with Gasteiger partial charge in [0.2, 0.25) is 0 Å². The van der Waals surface area contributed by atoms with Gasteiger partial charge in [-0.2, -0.15) is 0 Å². The minimum Gasteiger partial charge on any atom is -0.344 e. The Balaban J connectivity index is 0. The van der Waals surface area contributed by atoms with Gasteiger partial charge in [0, 0.05) is 46.9 Å². The summed E-state index contributed by atoms with van der Waals surface area (Å²) < 4.78 is 0. The van der Waals surface area contributed by atoms with Crippen molar-refractivity contribution in [1.29, 1.82) is 0 Å². The van der Waals surface area contributed by atoms with E-state index >= 15 is 0 Å². The second-order valence-corrected chi connectivity index (χ2v) is 0. The average molecular weight is 395 g/mol. The molecule has 26 valence electrons. The normalized spacial score (nSPS) is 0. The predicted octanol–water partition coefficient (Wildman–Crippen LogP) is 0.793. The van der Waals surface area contributed by atoms with Gasteiger partial charge >= 0.3 is 0 Å². The Hall–Kier alpha value is 1.52. The van der Waals surface area contributed by atoms with Crippen molar-refractivity contribution in [3.8, 4) is 0 Å². The molecule has 0 aliphatic carbocycles. The molecule has 0 aliphatic rings. The molecule has 0 amide bonds. The summed E-state index contributed by atoms with van der Waals surface area (Å²) in [6, 6.07) is 0. The van der Waals surface area contributed by atoms with Gasteiger partial charge in [0.25, 0.3) is 0 Å². The zero-order valence-electron chi connectivity index (χ0n) is 1.62. The van der Waals surface area contributed by atoms with Gasteiger partial charge in [-0.1, -0.05) is 7.43 Å². The van der Waals surface area contributed by atoms with Crippen molar-refractivity contribution in [2.75, 3.05) is 0 Å². The molecule has 0 aromatic heterocycles. The molecule has 3 heteroatoms. The van der Waals surface area contributed by atoms with Crippen LogP contribution < -0.4 is 6.15 Å². The summed E-state index contributed by atoms with van der Waals surface area (Å²) in [4.78, 5) is 0. The molecular formula is CH7HfNW. The molecule has 3 N–H and O–H groups in total. The Morgan fingerprint density at radius 1 is 1.00 bits per heavy atom. The second-order valence-electron chi connectivity index (χ2n) is 0. The fourth-order valence-corrected chi connectivity index (χ4v) is 0. The summed E-state index contributed by atoms with van der Waals surface area (Å²) in [5, 5.41) is 0. The van der Waals surface area contributed by atoms with Gasteiger partial charge in [-0.25, -0.2) is 0 Å². The van der Waals surface area contributed by atoms with Gasteiger partial charge in [-0.15, -0.1) is 0 Å². The number of hydrogen-bond acceptors (Lipinski definition) is 1. The van der Waals surface area contributed by atoms with Crippen LogP contribution in [0, 0.1) is 0 Å². The SMILES string of the molecule is C.N.[Hf].[W]. The van der Waals surface area contributed by atoms with Crippen molar-refractivity contribution in [2.24, 2.45) is 0 Å². The third-order valence-corrected chi connectivity index (χ3v) is 0. The zero-order chi connectivity index (χ0) is 0. The Kier molecular flexibility index (Phi) is 296. The van der Waals surface area contributed by atoms with Crippen molar-refractivity contribution in [3.05, 3.63) is 0 Å². The smallest absolute Gasteiger partial charge is 0 e. The average Bonchev–Trinajstić information content (AvgIpc) is 0. The molecular weight excluding hydrogens is 388 g/mol. The van der Waals surface area contributed by atoms with Crippen LogP contribution in [0.4, 0.5) is 0 Å². The van der Waals surface area contributed by atoms with E-state index in [1.807, 2.05) is 0 Å². The molecule has 0 fully saturated rings. The topological polar surface area (TPSA) is 35.0 Å². The summed E-state index contributed by atoms with van der Waals surface area (Å²) in [6.07, 6.45) is 0. The summed E-state index contributed by atoms with van der Waals surface area (Å²) in [6.45, 7) is 0. The van der Waals surface area contributed by atoms with E-state index in [0.29, 0.717) is 0 Å². The van der Waals surface area contributed by atoms with E-state index in [1.54, 1.807) is 0 Å². The molecule has 0 heterocycles. The van der Waals surface area contributed by atoms with Crippen LogP contribution in [-0.2, 0) is 46.9 Å². The van der Waals surface area contributed by atoms with Crippen LogP contribution in [0.25, 0.3) is 0 Å². The molecule has 0 rings (SSSR count). The Labute approximate surface area is 60.2 Å². The third kappa shape index (κ3) is 9.68. The number of hydrogen-bond donors (Lipinski definition) is 1. The van der Waals surface area contributed by atoms with Gasteiger partial charge in [0.1, 0.15) is 0 Å². The second kappa shape index (κ2) is 24.3. The molecule has 4 heavy (non-hydrogen) atoms. The van der Waals surface area contributed by atoms with Gasteiger partial charge in [0.05, 0.1) is 0 Å². The fraction of sp³-hybridized carbons (Fsp3) is 1.00. The van der Waals surface area contributed by atoms with Crippen molar-refractivity contribution in [1.82, 2.24) is 6.15 Å². The van der Waals surface area contributed by atoms with Crippen LogP contribution in [0.15, 0.2) is 0 Å². The largest absolute Gasteiger partial charge is 0.344 e. The van der Waals surface area contributed by atoms with Crippen LogP contribution in [-0.4, -0.2) is 0 Å². The monoisotopic (exact) mass is 397 g/mol. The molecule has 0 saturated heterocycles. The van der Waals surface area contributed by atoms with Crippen LogP contribution in [0.2, 0.25) is 0 Å².